The summed E-state index contributed by atoms with van der Waals surface area (Å²) in [7, 11) is -3.89. The molecule has 0 saturated heterocycles. The van der Waals surface area contributed by atoms with E-state index in [0.717, 1.165) is 10.6 Å². The number of carbonyl (C=O) groups excluding carboxylic acids is 2. The average Bonchev–Trinajstić information content (AvgIpc) is 2.79. The molecule has 198 valence electrons. The lowest BCUT2D eigenvalue weighted by Gasteiger charge is -2.33. The van der Waals surface area contributed by atoms with E-state index in [4.69, 9.17) is 46.4 Å². The topological polar surface area (TPSA) is 86.8 Å². The molecule has 2 rings (SSSR count). The van der Waals surface area contributed by atoms with Crippen molar-refractivity contribution in [1.82, 2.24) is 10.2 Å². The van der Waals surface area contributed by atoms with Gasteiger partial charge in [-0.3, -0.25) is 13.9 Å². The van der Waals surface area contributed by atoms with Gasteiger partial charge in [-0.05, 0) is 48.2 Å². The summed E-state index contributed by atoms with van der Waals surface area (Å²) >= 11 is 24.3. The second-order valence-electron chi connectivity index (χ2n) is 8.70. The van der Waals surface area contributed by atoms with Crippen LogP contribution in [-0.4, -0.2) is 50.5 Å². The van der Waals surface area contributed by atoms with Gasteiger partial charge in [-0.25, -0.2) is 8.42 Å². The second-order valence-corrected chi connectivity index (χ2v) is 12.2. The summed E-state index contributed by atoms with van der Waals surface area (Å²) in [5.41, 5.74) is 0.806. The fourth-order valence-corrected chi connectivity index (χ4v) is 4.89. The van der Waals surface area contributed by atoms with Crippen LogP contribution in [0.5, 0.6) is 0 Å². The van der Waals surface area contributed by atoms with E-state index in [2.05, 4.69) is 5.32 Å². The van der Waals surface area contributed by atoms with Crippen molar-refractivity contribution in [1.29, 1.82) is 0 Å². The van der Waals surface area contributed by atoms with Crippen molar-refractivity contribution in [2.45, 2.75) is 39.8 Å². The molecule has 0 aliphatic rings. The summed E-state index contributed by atoms with van der Waals surface area (Å²) in [6, 6.07) is 8.33. The minimum atomic E-state index is -3.89. The molecule has 2 aromatic rings. The van der Waals surface area contributed by atoms with E-state index in [0.29, 0.717) is 28.6 Å². The largest absolute Gasteiger partial charge is 0.354 e. The number of carbonyl (C=O) groups is 2. The summed E-state index contributed by atoms with van der Waals surface area (Å²) < 4.78 is 26.2. The molecule has 7 nitrogen and oxygen atoms in total. The van der Waals surface area contributed by atoms with Crippen LogP contribution in [0, 0.1) is 5.92 Å². The molecule has 0 fully saturated rings. The minimum Gasteiger partial charge on any atom is -0.354 e. The van der Waals surface area contributed by atoms with Crippen molar-refractivity contribution in [3.05, 3.63) is 62.1 Å². The van der Waals surface area contributed by atoms with Crippen LogP contribution in [-0.2, 0) is 26.2 Å². The maximum atomic E-state index is 13.6. The summed E-state index contributed by atoms with van der Waals surface area (Å²) in [4.78, 5) is 28.1. The number of hydrogen-bond donors (Lipinski definition) is 1. The standard InChI is InChI=1S/C24H29Cl4N3O4S/c1-5-22(24(33)29-12-15(2)3)30(13-16-6-8-18(25)20(27)10-16)23(32)14-31(36(4,34)35)17-7-9-19(26)21(28)11-17/h6-11,15,22H,5,12-14H2,1-4H3,(H,29,33)/t22-/m1/s1. The molecule has 0 aromatic heterocycles. The van der Waals surface area contributed by atoms with Gasteiger partial charge in [0.25, 0.3) is 0 Å². The first-order chi connectivity index (χ1) is 16.7. The Morgan fingerprint density at radius 3 is 2.03 bits per heavy atom. The molecule has 2 amide bonds. The average molecular weight is 597 g/mol. The Hall–Kier alpha value is -1.71. The lowest BCUT2D eigenvalue weighted by Crippen LogP contribution is -2.52. The molecular formula is C24H29Cl4N3O4S. The van der Waals surface area contributed by atoms with E-state index < -0.39 is 28.5 Å². The highest BCUT2D eigenvalue weighted by atomic mass is 35.5. The number of anilines is 1. The van der Waals surface area contributed by atoms with Gasteiger partial charge in [-0.1, -0.05) is 73.2 Å². The maximum Gasteiger partial charge on any atom is 0.244 e. The maximum absolute atomic E-state index is 13.6. The molecule has 0 aliphatic carbocycles. The monoisotopic (exact) mass is 595 g/mol. The smallest absolute Gasteiger partial charge is 0.244 e. The number of rotatable bonds is 11. The van der Waals surface area contributed by atoms with Crippen LogP contribution in [0.2, 0.25) is 20.1 Å². The van der Waals surface area contributed by atoms with Crippen LogP contribution in [0.25, 0.3) is 0 Å². The van der Waals surface area contributed by atoms with E-state index in [1.807, 2.05) is 13.8 Å². The third-order valence-corrected chi connectivity index (χ3v) is 7.90. The predicted molar refractivity (Wildman–Crippen MR) is 148 cm³/mol. The minimum absolute atomic E-state index is 0.0162. The van der Waals surface area contributed by atoms with Crippen LogP contribution in [0.3, 0.4) is 0 Å². The van der Waals surface area contributed by atoms with Crippen molar-refractivity contribution < 1.29 is 18.0 Å². The number of nitrogens with one attached hydrogen (secondary N) is 1. The Labute approximate surface area is 232 Å². The van der Waals surface area contributed by atoms with Gasteiger partial charge in [0.2, 0.25) is 21.8 Å². The summed E-state index contributed by atoms with van der Waals surface area (Å²) in [5, 5.41) is 3.89. The third kappa shape index (κ3) is 8.42. The molecule has 0 saturated carbocycles. The number of benzene rings is 2. The Morgan fingerprint density at radius 2 is 1.53 bits per heavy atom. The third-order valence-electron chi connectivity index (χ3n) is 5.28. The highest BCUT2D eigenvalue weighted by Crippen LogP contribution is 2.29. The highest BCUT2D eigenvalue weighted by molar-refractivity contribution is 7.92. The molecule has 0 unspecified atom stereocenters. The van der Waals surface area contributed by atoms with E-state index in [-0.39, 0.29) is 34.1 Å². The summed E-state index contributed by atoms with van der Waals surface area (Å²) in [6.07, 6.45) is 1.29. The second kappa shape index (κ2) is 13.2. The number of nitrogens with zero attached hydrogens (tertiary/aromatic N) is 2. The SMILES string of the molecule is CC[C@H](C(=O)NCC(C)C)N(Cc1ccc(Cl)c(Cl)c1)C(=O)CN(c1ccc(Cl)c(Cl)c1)S(C)(=O)=O. The van der Waals surface area contributed by atoms with Crippen LogP contribution < -0.4 is 9.62 Å². The number of halogens is 4. The molecule has 0 aliphatic heterocycles. The van der Waals surface area contributed by atoms with Gasteiger partial charge in [0.15, 0.2) is 0 Å². The van der Waals surface area contributed by atoms with E-state index in [9.17, 15) is 18.0 Å². The van der Waals surface area contributed by atoms with Crippen molar-refractivity contribution in [3.63, 3.8) is 0 Å². The molecule has 1 N–H and O–H groups in total. The quantitative estimate of drug-likeness (QED) is 0.363. The normalized spacial score (nSPS) is 12.4. The molecule has 0 radical (unpaired) electrons. The lowest BCUT2D eigenvalue weighted by atomic mass is 10.1. The molecule has 12 heteroatoms. The van der Waals surface area contributed by atoms with Crippen molar-refractivity contribution >= 4 is 73.9 Å². The molecule has 1 atom stereocenters. The zero-order valence-corrected chi connectivity index (χ0v) is 24.2. The predicted octanol–water partition coefficient (Wildman–Crippen LogP) is 5.65. The van der Waals surface area contributed by atoms with E-state index >= 15 is 0 Å². The molecular weight excluding hydrogens is 568 g/mol. The van der Waals surface area contributed by atoms with Crippen LogP contribution in [0.1, 0.15) is 32.8 Å². The van der Waals surface area contributed by atoms with E-state index in [1.54, 1.807) is 25.1 Å². The molecule has 36 heavy (non-hydrogen) atoms. The van der Waals surface area contributed by atoms with Crippen molar-refractivity contribution in [3.8, 4) is 0 Å². The number of amides is 2. The van der Waals surface area contributed by atoms with Gasteiger partial charge in [0.1, 0.15) is 12.6 Å². The molecule has 0 bridgehead atoms. The van der Waals surface area contributed by atoms with Crippen LogP contribution in [0.4, 0.5) is 5.69 Å². The van der Waals surface area contributed by atoms with Crippen molar-refractivity contribution in [2.75, 3.05) is 23.7 Å². The summed E-state index contributed by atoms with van der Waals surface area (Å²) in [5.74, 6) is -0.703. The lowest BCUT2D eigenvalue weighted by molar-refractivity contribution is -0.140. The Bertz CT molecular complexity index is 1210. The van der Waals surface area contributed by atoms with Gasteiger partial charge < -0.3 is 10.2 Å². The Balaban J connectivity index is 2.46. The zero-order chi connectivity index (χ0) is 27.2. The Morgan fingerprint density at radius 1 is 0.944 bits per heavy atom. The van der Waals surface area contributed by atoms with Crippen LogP contribution >= 0.6 is 46.4 Å². The fourth-order valence-electron chi connectivity index (χ4n) is 3.43. The van der Waals surface area contributed by atoms with Gasteiger partial charge in [-0.15, -0.1) is 0 Å². The zero-order valence-electron chi connectivity index (χ0n) is 20.4. The van der Waals surface area contributed by atoms with E-state index in [1.165, 1.54) is 23.1 Å². The van der Waals surface area contributed by atoms with Crippen LogP contribution in [0.15, 0.2) is 36.4 Å². The first-order valence-electron chi connectivity index (χ1n) is 11.2. The molecule has 0 spiro atoms. The molecule has 2 aromatic carbocycles. The fraction of sp³-hybridized carbons (Fsp3) is 0.417. The van der Waals surface area contributed by atoms with Gasteiger partial charge in [-0.2, -0.15) is 0 Å². The molecule has 0 heterocycles. The first-order valence-corrected chi connectivity index (χ1v) is 14.5. The first kappa shape index (κ1) is 30.5. The van der Waals surface area contributed by atoms with Gasteiger partial charge >= 0.3 is 0 Å². The van der Waals surface area contributed by atoms with Crippen molar-refractivity contribution in [2.24, 2.45) is 5.92 Å². The van der Waals surface area contributed by atoms with Gasteiger partial charge in [0.05, 0.1) is 32.0 Å². The number of sulfonamides is 1. The summed E-state index contributed by atoms with van der Waals surface area (Å²) in [6.45, 7) is 5.60. The highest BCUT2D eigenvalue weighted by Gasteiger charge is 2.32. The Kier molecular flexibility index (Phi) is 11.2. The van der Waals surface area contributed by atoms with Gasteiger partial charge in [0, 0.05) is 13.1 Å². The number of hydrogen-bond acceptors (Lipinski definition) is 4.